The van der Waals surface area contributed by atoms with Crippen molar-refractivity contribution in [2.24, 2.45) is 5.92 Å². The fourth-order valence-electron chi connectivity index (χ4n) is 2.34. The van der Waals surface area contributed by atoms with Crippen LogP contribution in [-0.4, -0.2) is 17.6 Å². The summed E-state index contributed by atoms with van der Waals surface area (Å²) in [4.78, 5) is 4.32. The molecule has 0 atom stereocenters. The number of nitrogens with zero attached hydrogens (tertiary/aromatic N) is 1. The highest BCUT2D eigenvalue weighted by molar-refractivity contribution is 5.00. The molecule has 0 unspecified atom stereocenters. The third-order valence-electron chi connectivity index (χ3n) is 3.60. The van der Waals surface area contributed by atoms with Crippen molar-refractivity contribution in [1.82, 2.24) is 10.3 Å². The average Bonchev–Trinajstić information content (AvgIpc) is 2.86. The van der Waals surface area contributed by atoms with E-state index in [4.69, 9.17) is 9.15 Å². The van der Waals surface area contributed by atoms with Crippen LogP contribution in [0.2, 0.25) is 0 Å². The van der Waals surface area contributed by atoms with Gasteiger partial charge in [-0.3, -0.25) is 0 Å². The maximum Gasteiger partial charge on any atom is 0.393 e. The summed E-state index contributed by atoms with van der Waals surface area (Å²) in [7, 11) is 0. The van der Waals surface area contributed by atoms with Gasteiger partial charge < -0.3 is 14.5 Å². The first-order valence-corrected chi connectivity index (χ1v) is 6.71. The lowest BCUT2D eigenvalue weighted by Gasteiger charge is -2.07. The van der Waals surface area contributed by atoms with Crippen LogP contribution in [-0.2, 0) is 6.54 Å². The second-order valence-corrected chi connectivity index (χ2v) is 5.22. The van der Waals surface area contributed by atoms with Crippen molar-refractivity contribution >= 4 is 0 Å². The summed E-state index contributed by atoms with van der Waals surface area (Å²) in [5.41, 5.74) is 0.943. The molecule has 0 aromatic carbocycles. The summed E-state index contributed by atoms with van der Waals surface area (Å²) in [6.07, 6.45) is 9.98. The summed E-state index contributed by atoms with van der Waals surface area (Å²) in [5.74, 6) is 0.704. The van der Waals surface area contributed by atoms with Crippen molar-refractivity contribution < 1.29 is 9.15 Å². The van der Waals surface area contributed by atoms with E-state index in [0.29, 0.717) is 18.0 Å². The molecule has 94 valence electrons. The molecule has 4 heteroatoms. The number of ether oxygens (including phenoxy) is 1. The van der Waals surface area contributed by atoms with Gasteiger partial charge in [0.05, 0.1) is 12.3 Å². The largest absolute Gasteiger partial charge is 0.450 e. The van der Waals surface area contributed by atoms with E-state index in [1.165, 1.54) is 38.5 Å². The number of aromatic nitrogens is 1. The van der Waals surface area contributed by atoms with Crippen LogP contribution in [0.4, 0.5) is 0 Å². The van der Waals surface area contributed by atoms with Crippen LogP contribution < -0.4 is 10.1 Å². The summed E-state index contributed by atoms with van der Waals surface area (Å²) in [6.45, 7) is 1.55. The van der Waals surface area contributed by atoms with Gasteiger partial charge in [0.25, 0.3) is 0 Å². The van der Waals surface area contributed by atoms with Gasteiger partial charge in [-0.25, -0.2) is 0 Å². The van der Waals surface area contributed by atoms with Crippen molar-refractivity contribution in [3.05, 3.63) is 12.0 Å². The fraction of sp³-hybridized carbons (Fsp3) is 0.769. The van der Waals surface area contributed by atoms with E-state index in [-0.39, 0.29) is 0 Å². The third-order valence-corrected chi connectivity index (χ3v) is 3.60. The van der Waals surface area contributed by atoms with Gasteiger partial charge >= 0.3 is 6.08 Å². The van der Waals surface area contributed by atoms with Crippen LogP contribution in [0.1, 0.15) is 44.2 Å². The Morgan fingerprint density at radius 1 is 1.29 bits per heavy atom. The molecule has 1 heterocycles. The first-order chi connectivity index (χ1) is 8.40. The predicted octanol–water partition coefficient (Wildman–Crippen LogP) is 2.50. The Morgan fingerprint density at radius 3 is 2.88 bits per heavy atom. The average molecular weight is 236 g/mol. The van der Waals surface area contributed by atoms with E-state index < -0.39 is 0 Å². The standard InChI is InChI=1S/C13H20N2O2/c1-2-4-10(3-1)8-16-13-15-12(9-17-13)7-14-11-5-6-11/h9-11,14H,1-8H2. The lowest BCUT2D eigenvalue weighted by Crippen LogP contribution is -2.15. The van der Waals surface area contributed by atoms with Crippen molar-refractivity contribution in [3.8, 4) is 6.08 Å². The molecule has 2 aliphatic rings. The molecule has 0 saturated heterocycles. The molecule has 2 saturated carbocycles. The Labute approximate surface area is 102 Å². The Hall–Kier alpha value is -1.03. The smallest absolute Gasteiger partial charge is 0.393 e. The Morgan fingerprint density at radius 2 is 2.12 bits per heavy atom. The van der Waals surface area contributed by atoms with Crippen molar-refractivity contribution in [2.45, 2.75) is 51.1 Å². The summed E-state index contributed by atoms with van der Waals surface area (Å²) in [5, 5.41) is 3.41. The number of oxazole rings is 1. The molecule has 1 N–H and O–H groups in total. The summed E-state index contributed by atoms with van der Waals surface area (Å²) in [6, 6.07) is 0.703. The second-order valence-electron chi connectivity index (χ2n) is 5.22. The van der Waals surface area contributed by atoms with Crippen molar-refractivity contribution in [3.63, 3.8) is 0 Å². The monoisotopic (exact) mass is 236 g/mol. The molecule has 2 aliphatic carbocycles. The molecule has 0 amide bonds. The van der Waals surface area contributed by atoms with Gasteiger partial charge in [0, 0.05) is 12.6 Å². The highest BCUT2D eigenvalue weighted by atomic mass is 16.6. The van der Waals surface area contributed by atoms with E-state index >= 15 is 0 Å². The van der Waals surface area contributed by atoms with E-state index in [0.717, 1.165) is 18.8 Å². The first-order valence-electron chi connectivity index (χ1n) is 6.71. The van der Waals surface area contributed by atoms with Gasteiger partial charge in [-0.1, -0.05) is 12.8 Å². The van der Waals surface area contributed by atoms with Gasteiger partial charge in [-0.15, -0.1) is 0 Å². The van der Waals surface area contributed by atoms with Crippen LogP contribution in [0.15, 0.2) is 10.7 Å². The van der Waals surface area contributed by atoms with Gasteiger partial charge in [0.15, 0.2) is 0 Å². The van der Waals surface area contributed by atoms with E-state index in [2.05, 4.69) is 10.3 Å². The molecule has 17 heavy (non-hydrogen) atoms. The molecular formula is C13H20N2O2. The molecule has 4 nitrogen and oxygen atoms in total. The number of nitrogens with one attached hydrogen (secondary N) is 1. The van der Waals surface area contributed by atoms with Crippen molar-refractivity contribution in [1.29, 1.82) is 0 Å². The van der Waals surface area contributed by atoms with E-state index in [1.54, 1.807) is 6.26 Å². The third kappa shape index (κ3) is 3.22. The predicted molar refractivity (Wildman–Crippen MR) is 63.8 cm³/mol. The fourth-order valence-corrected chi connectivity index (χ4v) is 2.34. The zero-order valence-electron chi connectivity index (χ0n) is 10.2. The highest BCUT2D eigenvalue weighted by Gasteiger charge is 2.21. The first kappa shape index (κ1) is 11.1. The minimum absolute atomic E-state index is 0.435. The minimum atomic E-state index is 0.435. The molecule has 0 radical (unpaired) electrons. The minimum Gasteiger partial charge on any atom is -0.450 e. The molecule has 1 aromatic rings. The lowest BCUT2D eigenvalue weighted by molar-refractivity contribution is 0.190. The molecule has 0 spiro atoms. The van der Waals surface area contributed by atoms with Gasteiger partial charge in [-0.2, -0.15) is 4.98 Å². The maximum absolute atomic E-state index is 5.59. The molecule has 2 fully saturated rings. The Balaban J connectivity index is 1.42. The highest BCUT2D eigenvalue weighted by Crippen LogP contribution is 2.25. The van der Waals surface area contributed by atoms with Crippen LogP contribution in [0.3, 0.4) is 0 Å². The number of rotatable bonds is 6. The summed E-state index contributed by atoms with van der Waals surface area (Å²) < 4.78 is 10.9. The molecule has 0 aliphatic heterocycles. The molecule has 1 aromatic heterocycles. The Bertz CT molecular complexity index is 354. The van der Waals surface area contributed by atoms with E-state index in [9.17, 15) is 0 Å². The zero-order chi connectivity index (χ0) is 11.5. The Kier molecular flexibility index (Phi) is 3.31. The van der Waals surface area contributed by atoms with Gasteiger partial charge in [0.2, 0.25) is 0 Å². The normalized spacial score (nSPS) is 20.9. The van der Waals surface area contributed by atoms with E-state index in [1.807, 2.05) is 0 Å². The van der Waals surface area contributed by atoms with Crippen molar-refractivity contribution in [2.75, 3.05) is 6.61 Å². The van der Waals surface area contributed by atoms with Crippen LogP contribution in [0, 0.1) is 5.92 Å². The van der Waals surface area contributed by atoms with Crippen LogP contribution in [0.5, 0.6) is 6.08 Å². The van der Waals surface area contributed by atoms with Gasteiger partial charge in [-0.05, 0) is 31.6 Å². The molecule has 0 bridgehead atoms. The molecule has 3 rings (SSSR count). The number of hydrogen-bond donors (Lipinski definition) is 1. The van der Waals surface area contributed by atoms with Crippen LogP contribution in [0.25, 0.3) is 0 Å². The zero-order valence-corrected chi connectivity index (χ0v) is 10.2. The van der Waals surface area contributed by atoms with Crippen LogP contribution >= 0.6 is 0 Å². The summed E-state index contributed by atoms with van der Waals surface area (Å²) >= 11 is 0. The second kappa shape index (κ2) is 5.08. The molecular weight excluding hydrogens is 216 g/mol. The quantitative estimate of drug-likeness (QED) is 0.824. The topological polar surface area (TPSA) is 47.3 Å². The van der Waals surface area contributed by atoms with Gasteiger partial charge in [0.1, 0.15) is 6.26 Å². The number of hydrogen-bond acceptors (Lipinski definition) is 4. The maximum atomic E-state index is 5.59. The lowest BCUT2D eigenvalue weighted by atomic mass is 10.1. The SMILES string of the molecule is c1oc(OCC2CCCC2)nc1CNC1CC1.